The molecular weight excluding hydrogens is 328 g/mol. The summed E-state index contributed by atoms with van der Waals surface area (Å²) in [5, 5.41) is 3.55. The summed E-state index contributed by atoms with van der Waals surface area (Å²) < 4.78 is 12.4. The van der Waals surface area contributed by atoms with Crippen LogP contribution < -0.4 is 10.2 Å². The van der Waals surface area contributed by atoms with Crippen LogP contribution in [0.25, 0.3) is 0 Å². The molecular formula is C21H30N2O3. The molecule has 5 nitrogen and oxygen atoms in total. The molecule has 0 bridgehead atoms. The number of piperidine rings is 1. The first-order chi connectivity index (χ1) is 12.7. The van der Waals surface area contributed by atoms with E-state index in [-0.39, 0.29) is 23.8 Å². The van der Waals surface area contributed by atoms with E-state index in [1.54, 1.807) is 0 Å². The molecule has 142 valence electrons. The highest BCUT2D eigenvalue weighted by Gasteiger charge is 2.41. The predicted octanol–water partition coefficient (Wildman–Crippen LogP) is 3.24. The molecule has 2 heterocycles. The number of hydrogen-bond donors (Lipinski definition) is 1. The zero-order valence-electron chi connectivity index (χ0n) is 15.5. The van der Waals surface area contributed by atoms with Crippen LogP contribution in [0.15, 0.2) is 30.3 Å². The third-order valence-electron chi connectivity index (χ3n) is 5.90. The van der Waals surface area contributed by atoms with Crippen LogP contribution in [0.5, 0.6) is 0 Å². The van der Waals surface area contributed by atoms with E-state index in [1.807, 2.05) is 35.2 Å². The molecule has 1 spiro atoms. The number of ether oxygens (including phenoxy) is 2. The zero-order chi connectivity index (χ0) is 17.8. The fourth-order valence-electron chi connectivity index (χ4n) is 4.43. The second kappa shape index (κ2) is 8.07. The summed E-state index contributed by atoms with van der Waals surface area (Å²) in [5.41, 5.74) is 0.999. The number of para-hydroxylation sites is 1. The summed E-state index contributed by atoms with van der Waals surface area (Å²) in [7, 11) is 0. The van der Waals surface area contributed by atoms with E-state index in [0.717, 1.165) is 38.0 Å². The van der Waals surface area contributed by atoms with Crippen molar-refractivity contribution in [2.45, 2.75) is 69.3 Å². The number of amides is 1. The summed E-state index contributed by atoms with van der Waals surface area (Å²) in [5.74, 6) is -0.126. The van der Waals surface area contributed by atoms with Crippen LogP contribution >= 0.6 is 0 Å². The lowest BCUT2D eigenvalue weighted by molar-refractivity contribution is -0.175. The molecule has 0 aromatic heterocycles. The number of anilines is 1. The van der Waals surface area contributed by atoms with Crippen LogP contribution in [0, 0.1) is 0 Å². The molecule has 0 unspecified atom stereocenters. The van der Waals surface area contributed by atoms with Crippen molar-refractivity contribution in [1.82, 2.24) is 5.32 Å². The Hall–Kier alpha value is -1.43. The van der Waals surface area contributed by atoms with Crippen LogP contribution in [0.4, 0.5) is 5.69 Å². The standard InChI is InChI=1S/C21H30N2O3/c24-20-14-17(10-13-23(20)18-8-4-3-5-9-18)22-15-19-16-25-21(26-19)11-6-1-2-7-12-21/h3-5,8-9,17,19,22H,1-2,6-7,10-16H2/t17-,19+/m0/s1. The van der Waals surface area contributed by atoms with Gasteiger partial charge in [-0.2, -0.15) is 0 Å². The highest BCUT2D eigenvalue weighted by atomic mass is 16.7. The fraction of sp³-hybridized carbons (Fsp3) is 0.667. The Balaban J connectivity index is 1.24. The van der Waals surface area contributed by atoms with Crippen LogP contribution in [0.2, 0.25) is 0 Å². The summed E-state index contributed by atoms with van der Waals surface area (Å²) in [6, 6.07) is 10.2. The maximum atomic E-state index is 12.5. The SMILES string of the molecule is O=C1C[C@@H](NC[C@@H]2COC3(CCCCCC3)O2)CCN1c1ccccc1. The lowest BCUT2D eigenvalue weighted by Gasteiger charge is -2.33. The van der Waals surface area contributed by atoms with Gasteiger partial charge in [-0.05, 0) is 31.4 Å². The topological polar surface area (TPSA) is 50.8 Å². The Labute approximate surface area is 156 Å². The minimum atomic E-state index is -0.324. The number of rotatable bonds is 4. The van der Waals surface area contributed by atoms with Crippen LogP contribution in [0.1, 0.15) is 51.4 Å². The molecule has 5 heteroatoms. The fourth-order valence-corrected chi connectivity index (χ4v) is 4.43. The molecule has 3 fully saturated rings. The number of benzene rings is 1. The van der Waals surface area contributed by atoms with Crippen molar-refractivity contribution in [3.05, 3.63) is 30.3 Å². The second-order valence-corrected chi connectivity index (χ2v) is 7.85. The summed E-state index contributed by atoms with van der Waals surface area (Å²) >= 11 is 0. The highest BCUT2D eigenvalue weighted by molar-refractivity contribution is 5.94. The largest absolute Gasteiger partial charge is 0.347 e. The molecule has 4 rings (SSSR count). The Bertz CT molecular complexity index is 599. The smallest absolute Gasteiger partial charge is 0.228 e. The van der Waals surface area contributed by atoms with Crippen molar-refractivity contribution < 1.29 is 14.3 Å². The van der Waals surface area contributed by atoms with Gasteiger partial charge in [0.05, 0.1) is 12.7 Å². The van der Waals surface area contributed by atoms with Gasteiger partial charge in [0.2, 0.25) is 5.91 Å². The quantitative estimate of drug-likeness (QED) is 0.898. The molecule has 1 N–H and O–H groups in total. The van der Waals surface area contributed by atoms with Gasteiger partial charge in [0.1, 0.15) is 0 Å². The Morgan fingerprint density at radius 1 is 1.12 bits per heavy atom. The number of hydrogen-bond acceptors (Lipinski definition) is 4. The van der Waals surface area contributed by atoms with E-state index in [2.05, 4.69) is 5.32 Å². The number of nitrogens with zero attached hydrogens (tertiary/aromatic N) is 1. The van der Waals surface area contributed by atoms with Crippen molar-refractivity contribution in [3.8, 4) is 0 Å². The van der Waals surface area contributed by atoms with Gasteiger partial charge in [-0.1, -0.05) is 31.0 Å². The summed E-state index contributed by atoms with van der Waals surface area (Å²) in [6.45, 7) is 2.21. The summed E-state index contributed by atoms with van der Waals surface area (Å²) in [4.78, 5) is 14.4. The normalized spacial score (nSPS) is 29.1. The van der Waals surface area contributed by atoms with Crippen molar-refractivity contribution in [3.63, 3.8) is 0 Å². The number of carbonyl (C=O) groups is 1. The first kappa shape index (κ1) is 18.0. The van der Waals surface area contributed by atoms with Gasteiger partial charge in [-0.3, -0.25) is 4.79 Å². The number of nitrogens with one attached hydrogen (secondary N) is 1. The first-order valence-electron chi connectivity index (χ1n) is 10.1. The lowest BCUT2D eigenvalue weighted by atomic mass is 10.0. The van der Waals surface area contributed by atoms with E-state index < -0.39 is 0 Å². The molecule has 1 amide bonds. The maximum Gasteiger partial charge on any atom is 0.228 e. The van der Waals surface area contributed by atoms with Gasteiger partial charge in [0.25, 0.3) is 0 Å². The van der Waals surface area contributed by atoms with Gasteiger partial charge in [-0.15, -0.1) is 0 Å². The maximum absolute atomic E-state index is 12.5. The number of carbonyl (C=O) groups excluding carboxylic acids is 1. The van der Waals surface area contributed by atoms with E-state index in [4.69, 9.17) is 9.47 Å². The summed E-state index contributed by atoms with van der Waals surface area (Å²) in [6.07, 6.45) is 8.66. The van der Waals surface area contributed by atoms with Crippen molar-refractivity contribution in [2.75, 3.05) is 24.6 Å². The minimum Gasteiger partial charge on any atom is -0.347 e. The zero-order valence-corrected chi connectivity index (χ0v) is 15.5. The lowest BCUT2D eigenvalue weighted by Crippen LogP contribution is -2.48. The van der Waals surface area contributed by atoms with Gasteiger partial charge in [0, 0.05) is 44.1 Å². The monoisotopic (exact) mass is 358 g/mol. The molecule has 26 heavy (non-hydrogen) atoms. The van der Waals surface area contributed by atoms with Crippen LogP contribution in [-0.4, -0.2) is 43.5 Å². The van der Waals surface area contributed by atoms with E-state index in [1.165, 1.54) is 25.7 Å². The van der Waals surface area contributed by atoms with Crippen molar-refractivity contribution >= 4 is 11.6 Å². The van der Waals surface area contributed by atoms with Crippen molar-refractivity contribution in [1.29, 1.82) is 0 Å². The van der Waals surface area contributed by atoms with Crippen molar-refractivity contribution in [2.24, 2.45) is 0 Å². The third-order valence-corrected chi connectivity index (χ3v) is 5.90. The molecule has 1 saturated carbocycles. The molecule has 0 radical (unpaired) electrons. The first-order valence-corrected chi connectivity index (χ1v) is 10.1. The van der Waals surface area contributed by atoms with Crippen LogP contribution in [0.3, 0.4) is 0 Å². The molecule has 3 aliphatic rings. The predicted molar refractivity (Wildman–Crippen MR) is 101 cm³/mol. The van der Waals surface area contributed by atoms with E-state index in [0.29, 0.717) is 13.0 Å². The van der Waals surface area contributed by atoms with E-state index >= 15 is 0 Å². The molecule has 1 aromatic rings. The average Bonchev–Trinajstić information content (AvgIpc) is 2.92. The highest BCUT2D eigenvalue weighted by Crippen LogP contribution is 2.36. The van der Waals surface area contributed by atoms with Crippen LogP contribution in [-0.2, 0) is 14.3 Å². The molecule has 1 aliphatic carbocycles. The van der Waals surface area contributed by atoms with Gasteiger partial charge in [0.15, 0.2) is 5.79 Å². The van der Waals surface area contributed by atoms with E-state index in [9.17, 15) is 4.79 Å². The Morgan fingerprint density at radius 2 is 1.88 bits per heavy atom. The van der Waals surface area contributed by atoms with Gasteiger partial charge in [-0.25, -0.2) is 0 Å². The Kier molecular flexibility index (Phi) is 5.57. The average molecular weight is 358 g/mol. The second-order valence-electron chi connectivity index (χ2n) is 7.85. The molecule has 1 aromatic carbocycles. The third kappa shape index (κ3) is 4.11. The van der Waals surface area contributed by atoms with Gasteiger partial charge < -0.3 is 19.7 Å². The molecule has 2 saturated heterocycles. The van der Waals surface area contributed by atoms with Gasteiger partial charge >= 0.3 is 0 Å². The Morgan fingerprint density at radius 3 is 2.62 bits per heavy atom. The minimum absolute atomic E-state index is 0.107. The molecule has 2 aliphatic heterocycles. The molecule has 2 atom stereocenters.